The van der Waals surface area contributed by atoms with Crippen molar-refractivity contribution in [2.75, 3.05) is 52.3 Å². The van der Waals surface area contributed by atoms with Crippen LogP contribution in [-0.2, 0) is 21.5 Å². The van der Waals surface area contributed by atoms with Crippen LogP contribution >= 0.6 is 11.6 Å². The molecule has 2 fully saturated rings. The van der Waals surface area contributed by atoms with Crippen molar-refractivity contribution in [2.45, 2.75) is 77.0 Å². The molecule has 1 saturated carbocycles. The highest BCUT2D eigenvalue weighted by Gasteiger charge is 2.36. The van der Waals surface area contributed by atoms with Crippen molar-refractivity contribution in [3.8, 4) is 17.0 Å². The Morgan fingerprint density at radius 1 is 1.02 bits per heavy atom. The molecule has 266 valence electrons. The number of aromatic nitrogens is 1. The Hall–Kier alpha value is -3.32. The smallest absolute Gasteiger partial charge is 0.410 e. The zero-order valence-electron chi connectivity index (χ0n) is 28.9. The third-order valence-corrected chi connectivity index (χ3v) is 11.5. The first-order valence-corrected chi connectivity index (χ1v) is 19.3. The topological polar surface area (TPSA) is 113 Å². The molecule has 6 rings (SSSR count). The van der Waals surface area contributed by atoms with Gasteiger partial charge < -0.3 is 18.9 Å². The Bertz CT molecular complexity index is 1790. The van der Waals surface area contributed by atoms with E-state index in [1.165, 1.54) is 21.2 Å². The molecule has 0 radical (unpaired) electrons. The fourth-order valence-electron chi connectivity index (χ4n) is 7.38. The lowest BCUT2D eigenvalue weighted by Gasteiger charge is -2.35. The van der Waals surface area contributed by atoms with Crippen molar-refractivity contribution in [3.63, 3.8) is 0 Å². The van der Waals surface area contributed by atoms with E-state index in [-0.39, 0.29) is 37.8 Å². The third kappa shape index (κ3) is 7.57. The van der Waals surface area contributed by atoms with Gasteiger partial charge in [0.1, 0.15) is 18.0 Å². The molecular formula is C36H48ClN5O6S. The van der Waals surface area contributed by atoms with Crippen molar-refractivity contribution >= 4 is 44.7 Å². The number of hydrogen-bond acceptors (Lipinski definition) is 7. The second-order valence-electron chi connectivity index (χ2n) is 14.3. The van der Waals surface area contributed by atoms with Crippen LogP contribution in [0.15, 0.2) is 42.5 Å². The van der Waals surface area contributed by atoms with Gasteiger partial charge in [-0.2, -0.15) is 12.7 Å². The van der Waals surface area contributed by atoms with Gasteiger partial charge in [0, 0.05) is 56.1 Å². The van der Waals surface area contributed by atoms with Crippen LogP contribution in [0, 0.1) is 0 Å². The number of nitrogens with one attached hydrogen (secondary N) is 1. The van der Waals surface area contributed by atoms with Crippen LogP contribution in [0.1, 0.15) is 74.7 Å². The first-order valence-electron chi connectivity index (χ1n) is 17.3. The van der Waals surface area contributed by atoms with Crippen LogP contribution in [0.4, 0.5) is 4.79 Å². The second kappa shape index (κ2) is 14.5. The summed E-state index contributed by atoms with van der Waals surface area (Å²) in [4.78, 5) is 30.4. The number of carbonyl (C=O) groups excluding carboxylic acids is 2. The van der Waals surface area contributed by atoms with E-state index in [0.717, 1.165) is 42.3 Å². The number of amides is 2. The number of benzene rings is 2. The largest absolute Gasteiger partial charge is 0.491 e. The normalized spacial score (nSPS) is 19.5. The van der Waals surface area contributed by atoms with Crippen LogP contribution in [0.3, 0.4) is 0 Å². The molecule has 0 unspecified atom stereocenters. The molecule has 3 heterocycles. The summed E-state index contributed by atoms with van der Waals surface area (Å²) in [5.74, 6) is 0.603. The molecule has 3 aliphatic rings. The van der Waals surface area contributed by atoms with Crippen LogP contribution in [0.25, 0.3) is 22.2 Å². The van der Waals surface area contributed by atoms with Gasteiger partial charge in [-0.25, -0.2) is 9.52 Å². The quantitative estimate of drug-likeness (QED) is 0.308. The first-order chi connectivity index (χ1) is 23.4. The maximum Gasteiger partial charge on any atom is 0.410 e. The van der Waals surface area contributed by atoms with Crippen molar-refractivity contribution in [3.05, 3.63) is 53.6 Å². The second-order valence-corrected chi connectivity index (χ2v) is 16.4. The molecule has 2 aromatic carbocycles. The average molecular weight is 714 g/mol. The van der Waals surface area contributed by atoms with Gasteiger partial charge in [-0.3, -0.25) is 9.69 Å². The highest BCUT2D eigenvalue weighted by Crippen LogP contribution is 2.48. The van der Waals surface area contributed by atoms with Crippen molar-refractivity contribution in [1.29, 1.82) is 0 Å². The van der Waals surface area contributed by atoms with Gasteiger partial charge in [0.25, 0.3) is 5.91 Å². The van der Waals surface area contributed by atoms with E-state index < -0.39 is 27.8 Å². The fraction of sp³-hybridized carbons (Fsp3) is 0.556. The molecule has 49 heavy (non-hydrogen) atoms. The number of halogens is 1. The van der Waals surface area contributed by atoms with E-state index in [9.17, 15) is 18.0 Å². The van der Waals surface area contributed by atoms with Crippen molar-refractivity contribution < 1.29 is 27.5 Å². The summed E-state index contributed by atoms with van der Waals surface area (Å²) < 4.78 is 45.2. The highest BCUT2D eigenvalue weighted by molar-refractivity contribution is 7.87. The monoisotopic (exact) mass is 713 g/mol. The van der Waals surface area contributed by atoms with E-state index in [1.807, 2.05) is 19.2 Å². The number of ether oxygens (including phenoxy) is 2. The molecule has 1 saturated heterocycles. The summed E-state index contributed by atoms with van der Waals surface area (Å²) in [6, 6.07) is 13.7. The first kappa shape index (κ1) is 35.5. The average Bonchev–Trinajstić information content (AvgIpc) is 3.37. The minimum Gasteiger partial charge on any atom is -0.491 e. The Kier molecular flexibility index (Phi) is 10.5. The van der Waals surface area contributed by atoms with Crippen LogP contribution < -0.4 is 9.46 Å². The minimum absolute atomic E-state index is 0.0119. The molecule has 0 spiro atoms. The lowest BCUT2D eigenvalue weighted by molar-refractivity contribution is 0.0191. The number of alkyl halides is 1. The molecule has 1 atom stereocenters. The highest BCUT2D eigenvalue weighted by atomic mass is 35.5. The van der Waals surface area contributed by atoms with Crippen LogP contribution in [0.5, 0.6) is 5.75 Å². The number of likely N-dealkylation sites (N-methyl/N-ethyl adjacent to an activating group) is 1. The van der Waals surface area contributed by atoms with Gasteiger partial charge >= 0.3 is 16.3 Å². The molecule has 1 aromatic heterocycles. The van der Waals surface area contributed by atoms with Crippen molar-refractivity contribution in [2.24, 2.45) is 0 Å². The maximum absolute atomic E-state index is 14.2. The standard InChI is InChI=1S/C36H48ClN5O6S/c1-36(2,3)48-35(44)40-19-21-41(22-20-40)49(45,46)38-34(43)28-14-10-16-30-32(28)33-31(25-11-6-5-7-12-25)27-13-8-9-15-29(27)42(33)23-26(24-47-30)39(4)18-17-37/h8-10,13-16,25-26H,5-7,11-12,17-24H2,1-4H3,(H,38,43)/t26-/m1/s1. The van der Waals surface area contributed by atoms with Crippen LogP contribution in [-0.4, -0.2) is 103 Å². The van der Waals surface area contributed by atoms with Gasteiger partial charge in [0.05, 0.1) is 22.9 Å². The van der Waals surface area contributed by atoms with Gasteiger partial charge in [0.15, 0.2) is 0 Å². The number of rotatable bonds is 7. The molecule has 3 aromatic rings. The summed E-state index contributed by atoms with van der Waals surface area (Å²) in [7, 11) is -2.18. The molecule has 0 bridgehead atoms. The van der Waals surface area contributed by atoms with E-state index in [2.05, 4.69) is 32.4 Å². The summed E-state index contributed by atoms with van der Waals surface area (Å²) in [6.07, 6.45) is 5.07. The SMILES string of the molecule is CN(CCCl)[C@H]1COc2cccc(C(=O)NS(=O)(=O)N3CCN(C(=O)OC(C)(C)C)CC3)c2-c2c(C3CCCCC3)c3ccccc3n2C1. The Balaban J connectivity index is 1.38. The lowest BCUT2D eigenvalue weighted by Crippen LogP contribution is -2.54. The zero-order chi connectivity index (χ0) is 34.9. The Morgan fingerprint density at radius 3 is 2.43 bits per heavy atom. The van der Waals surface area contributed by atoms with E-state index in [4.69, 9.17) is 21.1 Å². The predicted molar refractivity (Wildman–Crippen MR) is 192 cm³/mol. The number of hydrogen-bond donors (Lipinski definition) is 1. The fourth-order valence-corrected chi connectivity index (χ4v) is 8.77. The molecule has 1 N–H and O–H groups in total. The predicted octanol–water partition coefficient (Wildman–Crippen LogP) is 5.81. The van der Waals surface area contributed by atoms with E-state index >= 15 is 0 Å². The molecule has 11 nitrogen and oxygen atoms in total. The molecule has 2 amide bonds. The summed E-state index contributed by atoms with van der Waals surface area (Å²) in [5, 5.41) is 1.15. The molecular weight excluding hydrogens is 666 g/mol. The van der Waals surface area contributed by atoms with Crippen LogP contribution in [0.2, 0.25) is 0 Å². The number of fused-ring (bicyclic) bond motifs is 5. The van der Waals surface area contributed by atoms with E-state index in [1.54, 1.807) is 32.9 Å². The maximum atomic E-state index is 14.2. The summed E-state index contributed by atoms with van der Waals surface area (Å²) >= 11 is 6.17. The number of nitrogens with zero attached hydrogens (tertiary/aromatic N) is 4. The molecule has 13 heteroatoms. The van der Waals surface area contributed by atoms with Crippen molar-refractivity contribution in [1.82, 2.24) is 23.4 Å². The lowest BCUT2D eigenvalue weighted by atomic mass is 9.81. The summed E-state index contributed by atoms with van der Waals surface area (Å²) in [5.41, 5.74) is 3.39. The van der Waals surface area contributed by atoms with Gasteiger partial charge in [-0.1, -0.05) is 43.5 Å². The van der Waals surface area contributed by atoms with Gasteiger partial charge in [-0.15, -0.1) is 11.6 Å². The van der Waals surface area contributed by atoms with E-state index in [0.29, 0.717) is 42.8 Å². The Morgan fingerprint density at radius 2 is 1.73 bits per heavy atom. The number of para-hydroxylation sites is 1. The third-order valence-electron chi connectivity index (χ3n) is 9.87. The molecule has 2 aliphatic heterocycles. The number of carbonyl (C=O) groups is 2. The van der Waals surface area contributed by atoms with Gasteiger partial charge in [0.2, 0.25) is 0 Å². The van der Waals surface area contributed by atoms with Gasteiger partial charge in [-0.05, 0) is 70.3 Å². The summed E-state index contributed by atoms with van der Waals surface area (Å²) in [6.45, 7) is 7.42. The molecule has 1 aliphatic carbocycles. The zero-order valence-corrected chi connectivity index (χ0v) is 30.5. The minimum atomic E-state index is -4.23. The Labute approximate surface area is 294 Å². The number of piperazine rings is 1.